The predicted octanol–water partition coefficient (Wildman–Crippen LogP) is 1.67. The number of halogens is 1. The van der Waals surface area contributed by atoms with Gasteiger partial charge in [0, 0.05) is 11.6 Å². The van der Waals surface area contributed by atoms with Crippen molar-refractivity contribution in [3.05, 3.63) is 40.6 Å². The second kappa shape index (κ2) is 6.44. The highest BCUT2D eigenvalue weighted by atomic mass is 79.9. The molecule has 0 bridgehead atoms. The Balaban J connectivity index is 1.97. The molecule has 1 amide bonds. The number of hydrogen-bond acceptors (Lipinski definition) is 4. The Morgan fingerprint density at radius 1 is 1.42 bits per heavy atom. The van der Waals surface area contributed by atoms with Crippen molar-refractivity contribution in [1.82, 2.24) is 14.8 Å². The van der Waals surface area contributed by atoms with Crippen LogP contribution in [-0.2, 0) is 16.1 Å². The largest absolute Gasteiger partial charge is 0.375 e. The fourth-order valence-electron chi connectivity index (χ4n) is 1.50. The van der Waals surface area contributed by atoms with Crippen LogP contribution in [-0.4, -0.2) is 34.4 Å². The Hall–Kier alpha value is -1.73. The van der Waals surface area contributed by atoms with Gasteiger partial charge in [0.1, 0.15) is 12.9 Å². The molecule has 1 aromatic carbocycles. The van der Waals surface area contributed by atoms with Crippen molar-refractivity contribution in [1.29, 1.82) is 0 Å². The molecule has 0 atom stereocenters. The van der Waals surface area contributed by atoms with Gasteiger partial charge < -0.3 is 4.74 Å². The molecule has 0 saturated heterocycles. The highest BCUT2D eigenvalue weighted by Crippen LogP contribution is 2.11. The quantitative estimate of drug-likeness (QED) is 0.908. The number of carbonyl (C=O) groups is 1. The van der Waals surface area contributed by atoms with Crippen LogP contribution in [0.4, 0.5) is 5.95 Å². The molecule has 1 N–H and O–H groups in total. The molecule has 0 fully saturated rings. The number of nitrogens with zero attached hydrogens (tertiary/aromatic N) is 3. The minimum atomic E-state index is -0.274. The lowest BCUT2D eigenvalue weighted by molar-refractivity contribution is -0.119. The van der Waals surface area contributed by atoms with E-state index in [4.69, 9.17) is 4.74 Å². The maximum Gasteiger partial charge on any atom is 0.252 e. The van der Waals surface area contributed by atoms with Crippen molar-refractivity contribution in [2.75, 3.05) is 19.0 Å². The average Bonchev–Trinajstić information content (AvgIpc) is 2.80. The van der Waals surface area contributed by atoms with Gasteiger partial charge in [-0.2, -0.15) is 0 Å². The highest BCUT2D eigenvalue weighted by Gasteiger charge is 2.06. The monoisotopic (exact) mass is 324 g/mol. The SMILES string of the molecule is COCC(=O)Nc1ncn(Cc2ccc(Br)cc2)n1. The van der Waals surface area contributed by atoms with Gasteiger partial charge in [0.15, 0.2) is 0 Å². The Kier molecular flexibility index (Phi) is 4.64. The van der Waals surface area contributed by atoms with E-state index in [0.717, 1.165) is 10.0 Å². The first kappa shape index (κ1) is 13.7. The van der Waals surface area contributed by atoms with Crippen molar-refractivity contribution in [3.8, 4) is 0 Å². The van der Waals surface area contributed by atoms with Crippen molar-refractivity contribution in [2.45, 2.75) is 6.54 Å². The molecule has 0 unspecified atom stereocenters. The van der Waals surface area contributed by atoms with Crippen LogP contribution in [0.15, 0.2) is 35.1 Å². The summed E-state index contributed by atoms with van der Waals surface area (Å²) in [6.45, 7) is 0.585. The molecule has 19 heavy (non-hydrogen) atoms. The molecule has 0 aliphatic carbocycles. The maximum atomic E-state index is 11.3. The van der Waals surface area contributed by atoms with Gasteiger partial charge in [-0.15, -0.1) is 5.10 Å². The first-order valence-electron chi connectivity index (χ1n) is 5.60. The lowest BCUT2D eigenvalue weighted by Gasteiger charge is -2.01. The van der Waals surface area contributed by atoms with Crippen molar-refractivity contribution < 1.29 is 9.53 Å². The maximum absolute atomic E-state index is 11.3. The Morgan fingerprint density at radius 2 is 2.16 bits per heavy atom. The number of benzene rings is 1. The number of anilines is 1. The summed E-state index contributed by atoms with van der Waals surface area (Å²) >= 11 is 3.38. The van der Waals surface area contributed by atoms with E-state index >= 15 is 0 Å². The molecule has 2 aromatic rings. The van der Waals surface area contributed by atoms with Crippen molar-refractivity contribution in [2.24, 2.45) is 0 Å². The van der Waals surface area contributed by atoms with Crippen LogP contribution < -0.4 is 5.32 Å². The Morgan fingerprint density at radius 3 is 2.84 bits per heavy atom. The number of amides is 1. The molecule has 1 heterocycles. The number of aromatic nitrogens is 3. The van der Waals surface area contributed by atoms with E-state index < -0.39 is 0 Å². The Bertz CT molecular complexity index is 553. The van der Waals surface area contributed by atoms with Crippen LogP contribution in [0.5, 0.6) is 0 Å². The van der Waals surface area contributed by atoms with Gasteiger partial charge in [-0.05, 0) is 17.7 Å². The molecule has 0 radical (unpaired) electrons. The van der Waals surface area contributed by atoms with Crippen molar-refractivity contribution >= 4 is 27.8 Å². The van der Waals surface area contributed by atoms with Crippen LogP contribution in [0.1, 0.15) is 5.56 Å². The molecule has 100 valence electrons. The lowest BCUT2D eigenvalue weighted by atomic mass is 10.2. The molecule has 0 saturated carbocycles. The molecule has 0 spiro atoms. The third kappa shape index (κ3) is 4.15. The van der Waals surface area contributed by atoms with E-state index in [2.05, 4.69) is 31.3 Å². The summed E-state index contributed by atoms with van der Waals surface area (Å²) in [6, 6.07) is 7.92. The summed E-state index contributed by atoms with van der Waals surface area (Å²) in [5.41, 5.74) is 1.10. The fourth-order valence-corrected chi connectivity index (χ4v) is 1.76. The minimum Gasteiger partial charge on any atom is -0.375 e. The van der Waals surface area contributed by atoms with E-state index in [1.165, 1.54) is 7.11 Å². The van der Waals surface area contributed by atoms with Gasteiger partial charge in [-0.1, -0.05) is 28.1 Å². The third-order valence-electron chi connectivity index (χ3n) is 2.32. The van der Waals surface area contributed by atoms with Gasteiger partial charge in [0.25, 0.3) is 5.91 Å². The summed E-state index contributed by atoms with van der Waals surface area (Å²) in [6.07, 6.45) is 1.57. The summed E-state index contributed by atoms with van der Waals surface area (Å²) in [4.78, 5) is 15.3. The zero-order valence-electron chi connectivity index (χ0n) is 10.3. The Labute approximate surface area is 118 Å². The van der Waals surface area contributed by atoms with E-state index in [1.807, 2.05) is 24.3 Å². The number of nitrogens with one attached hydrogen (secondary N) is 1. The number of ether oxygens (including phenoxy) is 1. The van der Waals surface area contributed by atoms with Crippen LogP contribution in [0.2, 0.25) is 0 Å². The number of hydrogen-bond donors (Lipinski definition) is 1. The third-order valence-corrected chi connectivity index (χ3v) is 2.85. The van der Waals surface area contributed by atoms with E-state index in [0.29, 0.717) is 6.54 Å². The van der Waals surface area contributed by atoms with E-state index in [-0.39, 0.29) is 18.5 Å². The normalized spacial score (nSPS) is 10.4. The lowest BCUT2D eigenvalue weighted by Crippen LogP contribution is -2.18. The second-order valence-electron chi connectivity index (χ2n) is 3.87. The molecular weight excluding hydrogens is 312 g/mol. The zero-order chi connectivity index (χ0) is 13.7. The molecule has 0 aliphatic rings. The van der Waals surface area contributed by atoms with Gasteiger partial charge in [0.05, 0.1) is 6.54 Å². The minimum absolute atomic E-state index is 0.0126. The predicted molar refractivity (Wildman–Crippen MR) is 73.8 cm³/mol. The first-order chi connectivity index (χ1) is 9.17. The van der Waals surface area contributed by atoms with Crippen LogP contribution in [0, 0.1) is 0 Å². The average molecular weight is 325 g/mol. The smallest absolute Gasteiger partial charge is 0.252 e. The molecule has 1 aromatic heterocycles. The molecule has 7 heteroatoms. The first-order valence-corrected chi connectivity index (χ1v) is 6.39. The van der Waals surface area contributed by atoms with Crippen molar-refractivity contribution in [3.63, 3.8) is 0 Å². The van der Waals surface area contributed by atoms with Gasteiger partial charge in [-0.25, -0.2) is 9.67 Å². The molecular formula is C12H13BrN4O2. The summed E-state index contributed by atoms with van der Waals surface area (Å²) in [5.74, 6) is 0.00283. The summed E-state index contributed by atoms with van der Waals surface area (Å²) in [5, 5.41) is 6.70. The number of rotatable bonds is 5. The van der Waals surface area contributed by atoms with Gasteiger partial charge in [-0.3, -0.25) is 10.1 Å². The fraction of sp³-hybridized carbons (Fsp3) is 0.250. The molecule has 6 nitrogen and oxygen atoms in total. The van der Waals surface area contributed by atoms with E-state index in [9.17, 15) is 4.79 Å². The van der Waals surface area contributed by atoms with Crippen LogP contribution in [0.3, 0.4) is 0 Å². The van der Waals surface area contributed by atoms with Gasteiger partial charge in [0.2, 0.25) is 5.95 Å². The standard InChI is InChI=1S/C12H13BrN4O2/c1-19-7-11(18)15-12-14-8-17(16-12)6-9-2-4-10(13)5-3-9/h2-5,8H,6-7H2,1H3,(H,15,16,18). The highest BCUT2D eigenvalue weighted by molar-refractivity contribution is 9.10. The zero-order valence-corrected chi connectivity index (χ0v) is 11.9. The molecule has 2 rings (SSSR count). The number of carbonyl (C=O) groups excluding carboxylic acids is 1. The number of methoxy groups -OCH3 is 1. The second-order valence-corrected chi connectivity index (χ2v) is 4.79. The van der Waals surface area contributed by atoms with E-state index in [1.54, 1.807) is 11.0 Å². The topological polar surface area (TPSA) is 69.0 Å². The van der Waals surface area contributed by atoms with Gasteiger partial charge >= 0.3 is 0 Å². The molecule has 0 aliphatic heterocycles. The summed E-state index contributed by atoms with van der Waals surface area (Å²) < 4.78 is 7.40. The van der Waals surface area contributed by atoms with Crippen LogP contribution >= 0.6 is 15.9 Å². The summed E-state index contributed by atoms with van der Waals surface area (Å²) in [7, 11) is 1.46. The van der Waals surface area contributed by atoms with Crippen LogP contribution in [0.25, 0.3) is 0 Å².